The van der Waals surface area contributed by atoms with Crippen molar-refractivity contribution >= 4 is 28.9 Å². The summed E-state index contributed by atoms with van der Waals surface area (Å²) < 4.78 is 13.4. The first-order valence-electron chi connectivity index (χ1n) is 6.60. The van der Waals surface area contributed by atoms with Crippen molar-refractivity contribution in [1.29, 1.82) is 0 Å². The Morgan fingerprint density at radius 2 is 1.95 bits per heavy atom. The Hall–Kier alpha value is -2.07. The molecule has 0 bridgehead atoms. The number of hydrogen-bond acceptors (Lipinski definition) is 2. The average molecular weight is 307 g/mol. The van der Waals surface area contributed by atoms with Crippen LogP contribution in [0, 0.1) is 12.7 Å². The molecule has 0 heterocycles. The zero-order valence-corrected chi connectivity index (χ0v) is 12.4. The lowest BCUT2D eigenvalue weighted by molar-refractivity contribution is -0.116. The van der Waals surface area contributed by atoms with Gasteiger partial charge in [-0.05, 0) is 42.8 Å². The van der Waals surface area contributed by atoms with Gasteiger partial charge in [0.05, 0.1) is 5.69 Å². The van der Waals surface area contributed by atoms with Gasteiger partial charge in [0.1, 0.15) is 5.82 Å². The van der Waals surface area contributed by atoms with Crippen LogP contribution in [0.4, 0.5) is 15.8 Å². The number of para-hydroxylation sites is 1. The van der Waals surface area contributed by atoms with E-state index in [1.165, 1.54) is 12.1 Å². The molecule has 1 amide bonds. The van der Waals surface area contributed by atoms with Crippen molar-refractivity contribution < 1.29 is 9.18 Å². The lowest BCUT2D eigenvalue weighted by Gasteiger charge is -2.10. The third kappa shape index (κ3) is 4.46. The lowest BCUT2D eigenvalue weighted by Crippen LogP contribution is -2.17. The highest BCUT2D eigenvalue weighted by atomic mass is 35.5. The lowest BCUT2D eigenvalue weighted by atomic mass is 10.2. The van der Waals surface area contributed by atoms with Crippen LogP contribution in [0.3, 0.4) is 0 Å². The van der Waals surface area contributed by atoms with Gasteiger partial charge in [0, 0.05) is 23.7 Å². The second-order valence-corrected chi connectivity index (χ2v) is 5.10. The number of carbonyl (C=O) groups excluding carboxylic acids is 1. The fourth-order valence-electron chi connectivity index (χ4n) is 1.91. The van der Waals surface area contributed by atoms with Crippen molar-refractivity contribution in [2.24, 2.45) is 0 Å². The van der Waals surface area contributed by atoms with E-state index in [0.717, 1.165) is 11.3 Å². The van der Waals surface area contributed by atoms with E-state index in [1.807, 2.05) is 19.1 Å². The van der Waals surface area contributed by atoms with Crippen molar-refractivity contribution in [2.75, 3.05) is 17.2 Å². The summed E-state index contributed by atoms with van der Waals surface area (Å²) >= 11 is 5.88. The first-order valence-corrected chi connectivity index (χ1v) is 6.98. The van der Waals surface area contributed by atoms with E-state index in [1.54, 1.807) is 18.2 Å². The number of aryl methyl sites for hydroxylation is 1. The Balaban J connectivity index is 1.83. The molecule has 2 aromatic carbocycles. The normalized spacial score (nSPS) is 10.2. The van der Waals surface area contributed by atoms with Crippen molar-refractivity contribution in [3.05, 3.63) is 58.9 Å². The van der Waals surface area contributed by atoms with E-state index in [0.29, 0.717) is 11.6 Å². The fraction of sp³-hybridized carbons (Fsp3) is 0.188. The molecule has 5 heteroatoms. The summed E-state index contributed by atoms with van der Waals surface area (Å²) in [6, 6.07) is 11.6. The molecule has 0 aliphatic heterocycles. The van der Waals surface area contributed by atoms with Crippen LogP contribution in [-0.2, 0) is 4.79 Å². The largest absolute Gasteiger partial charge is 0.384 e. The van der Waals surface area contributed by atoms with Gasteiger partial charge < -0.3 is 10.6 Å². The minimum Gasteiger partial charge on any atom is -0.384 e. The molecule has 3 nitrogen and oxygen atoms in total. The average Bonchev–Trinajstić information content (AvgIpc) is 2.44. The van der Waals surface area contributed by atoms with Gasteiger partial charge in [-0.2, -0.15) is 0 Å². The van der Waals surface area contributed by atoms with Gasteiger partial charge in [-0.3, -0.25) is 4.79 Å². The van der Waals surface area contributed by atoms with E-state index < -0.39 is 5.82 Å². The van der Waals surface area contributed by atoms with Crippen LogP contribution in [0.1, 0.15) is 12.0 Å². The van der Waals surface area contributed by atoms with Crippen LogP contribution in [0.5, 0.6) is 0 Å². The second-order valence-electron chi connectivity index (χ2n) is 4.66. The first-order chi connectivity index (χ1) is 10.1. The van der Waals surface area contributed by atoms with E-state index in [2.05, 4.69) is 10.6 Å². The Kier molecular flexibility index (Phi) is 5.17. The molecule has 0 aromatic heterocycles. The maximum absolute atomic E-state index is 13.4. The van der Waals surface area contributed by atoms with Crippen LogP contribution in [-0.4, -0.2) is 12.5 Å². The molecule has 2 aromatic rings. The number of nitrogens with one attached hydrogen (secondary N) is 2. The number of halogens is 2. The fourth-order valence-corrected chi connectivity index (χ4v) is 2.14. The van der Waals surface area contributed by atoms with E-state index in [9.17, 15) is 9.18 Å². The summed E-state index contributed by atoms with van der Waals surface area (Å²) in [4.78, 5) is 11.8. The highest BCUT2D eigenvalue weighted by Gasteiger charge is 2.06. The van der Waals surface area contributed by atoms with E-state index in [-0.39, 0.29) is 18.0 Å². The highest BCUT2D eigenvalue weighted by Crippen LogP contribution is 2.19. The van der Waals surface area contributed by atoms with Crippen molar-refractivity contribution in [2.45, 2.75) is 13.3 Å². The minimum atomic E-state index is -0.438. The third-order valence-electron chi connectivity index (χ3n) is 3.00. The van der Waals surface area contributed by atoms with Crippen LogP contribution in [0.15, 0.2) is 42.5 Å². The molecule has 0 atom stereocenters. The summed E-state index contributed by atoms with van der Waals surface area (Å²) in [5.74, 6) is -0.674. The minimum absolute atomic E-state index is 0.199. The molecule has 0 aliphatic rings. The van der Waals surface area contributed by atoms with Gasteiger partial charge in [0.2, 0.25) is 5.91 Å². The number of rotatable bonds is 5. The van der Waals surface area contributed by atoms with Gasteiger partial charge >= 0.3 is 0 Å². The van der Waals surface area contributed by atoms with E-state index in [4.69, 9.17) is 11.6 Å². The van der Waals surface area contributed by atoms with Crippen LogP contribution in [0.2, 0.25) is 5.02 Å². The predicted octanol–water partition coefficient (Wildman–Crippen LogP) is 4.23. The molecule has 21 heavy (non-hydrogen) atoms. The highest BCUT2D eigenvalue weighted by molar-refractivity contribution is 6.30. The number of amides is 1. The van der Waals surface area contributed by atoms with Gasteiger partial charge in [-0.25, -0.2) is 4.39 Å². The number of anilines is 2. The summed E-state index contributed by atoms with van der Waals surface area (Å²) in [5, 5.41) is 6.38. The monoisotopic (exact) mass is 306 g/mol. The van der Waals surface area contributed by atoms with Crippen molar-refractivity contribution in [3.8, 4) is 0 Å². The summed E-state index contributed by atoms with van der Waals surface area (Å²) in [5.41, 5.74) is 2.14. The Morgan fingerprint density at radius 1 is 1.19 bits per heavy atom. The van der Waals surface area contributed by atoms with Crippen LogP contribution < -0.4 is 10.6 Å². The van der Waals surface area contributed by atoms with Gasteiger partial charge in [-0.1, -0.05) is 23.7 Å². The number of carbonyl (C=O) groups is 1. The zero-order valence-electron chi connectivity index (χ0n) is 11.6. The molecule has 0 aliphatic carbocycles. The first kappa shape index (κ1) is 15.3. The molecule has 2 rings (SSSR count). The second kappa shape index (κ2) is 7.09. The quantitative estimate of drug-likeness (QED) is 0.868. The molecule has 0 fully saturated rings. The molecule has 0 saturated heterocycles. The Morgan fingerprint density at radius 3 is 2.67 bits per heavy atom. The SMILES string of the molecule is Cc1cc(Cl)ccc1NCCC(=O)Nc1ccccc1F. The summed E-state index contributed by atoms with van der Waals surface area (Å²) in [6.45, 7) is 2.40. The maximum atomic E-state index is 13.4. The topological polar surface area (TPSA) is 41.1 Å². The number of hydrogen-bond donors (Lipinski definition) is 2. The smallest absolute Gasteiger partial charge is 0.226 e. The Labute approximate surface area is 128 Å². The predicted molar refractivity (Wildman–Crippen MR) is 84.3 cm³/mol. The molecule has 0 unspecified atom stereocenters. The molecule has 0 saturated carbocycles. The molecule has 110 valence electrons. The van der Waals surface area contributed by atoms with Gasteiger partial charge in [0.15, 0.2) is 0 Å². The standard InChI is InChI=1S/C16H16ClFN2O/c1-11-10-12(17)6-7-14(11)19-9-8-16(21)20-15-5-3-2-4-13(15)18/h2-7,10,19H,8-9H2,1H3,(H,20,21). The van der Waals surface area contributed by atoms with Gasteiger partial charge in [-0.15, -0.1) is 0 Å². The van der Waals surface area contributed by atoms with Crippen molar-refractivity contribution in [1.82, 2.24) is 0 Å². The van der Waals surface area contributed by atoms with Gasteiger partial charge in [0.25, 0.3) is 0 Å². The third-order valence-corrected chi connectivity index (χ3v) is 3.24. The summed E-state index contributed by atoms with van der Waals surface area (Å²) in [7, 11) is 0. The molecule has 2 N–H and O–H groups in total. The number of benzene rings is 2. The van der Waals surface area contributed by atoms with Crippen molar-refractivity contribution in [3.63, 3.8) is 0 Å². The zero-order chi connectivity index (χ0) is 15.2. The van der Waals surface area contributed by atoms with Crippen LogP contribution in [0.25, 0.3) is 0 Å². The Bertz CT molecular complexity index is 646. The molecule has 0 radical (unpaired) electrons. The molecular formula is C16H16ClFN2O. The van der Waals surface area contributed by atoms with E-state index >= 15 is 0 Å². The molecular weight excluding hydrogens is 291 g/mol. The maximum Gasteiger partial charge on any atom is 0.226 e. The summed E-state index contributed by atoms with van der Waals surface area (Å²) in [6.07, 6.45) is 0.246. The van der Waals surface area contributed by atoms with Crippen LogP contribution >= 0.6 is 11.6 Å². The molecule has 0 spiro atoms.